The first kappa shape index (κ1) is 11.5. The third-order valence-corrected chi connectivity index (χ3v) is 3.46. The van der Waals surface area contributed by atoms with Crippen molar-refractivity contribution >= 4 is 5.69 Å². The van der Waals surface area contributed by atoms with Crippen LogP contribution in [-0.2, 0) is 0 Å². The van der Waals surface area contributed by atoms with Gasteiger partial charge in [-0.1, -0.05) is 25.1 Å². The number of nitrogens with one attached hydrogen (secondary N) is 1. The lowest BCUT2D eigenvalue weighted by molar-refractivity contribution is 0.374. The normalized spacial score (nSPS) is 25.8. The predicted octanol–water partition coefficient (Wildman–Crippen LogP) is 2.65. The first-order valence-electron chi connectivity index (χ1n) is 6.36. The minimum Gasteiger partial charge on any atom is -0.369 e. The van der Waals surface area contributed by atoms with Crippen LogP contribution < -0.4 is 10.2 Å². The van der Waals surface area contributed by atoms with Crippen LogP contribution in [-0.4, -0.2) is 25.2 Å². The summed E-state index contributed by atoms with van der Waals surface area (Å²) in [6, 6.07) is 12.1. The van der Waals surface area contributed by atoms with Gasteiger partial charge in [-0.3, -0.25) is 0 Å². The second kappa shape index (κ2) is 5.35. The maximum absolute atomic E-state index is 3.56. The van der Waals surface area contributed by atoms with E-state index in [9.17, 15) is 0 Å². The summed E-state index contributed by atoms with van der Waals surface area (Å²) < 4.78 is 0. The third-order valence-electron chi connectivity index (χ3n) is 3.46. The molecule has 0 spiro atoms. The van der Waals surface area contributed by atoms with Crippen LogP contribution in [0.15, 0.2) is 30.3 Å². The average molecular weight is 218 g/mol. The first-order chi connectivity index (χ1) is 7.81. The van der Waals surface area contributed by atoms with Gasteiger partial charge in [-0.05, 0) is 38.4 Å². The van der Waals surface area contributed by atoms with Gasteiger partial charge in [-0.2, -0.15) is 0 Å². The third kappa shape index (κ3) is 2.56. The maximum Gasteiger partial charge on any atom is 0.0368 e. The zero-order valence-corrected chi connectivity index (χ0v) is 10.3. The molecule has 0 amide bonds. The van der Waals surface area contributed by atoms with E-state index in [1.54, 1.807) is 0 Å². The molecular weight excluding hydrogens is 196 g/mol. The fourth-order valence-electron chi connectivity index (χ4n) is 2.65. The number of piperidine rings is 1. The standard InChI is InChI=1S/C14H22N2/c1-3-15-13-9-10-16(12(2)11-13)14-7-5-4-6-8-14/h4-8,12-13,15H,3,9-11H2,1-2H3. The molecule has 1 saturated heterocycles. The van der Waals surface area contributed by atoms with Crippen molar-refractivity contribution < 1.29 is 0 Å². The van der Waals surface area contributed by atoms with Crippen molar-refractivity contribution in [2.75, 3.05) is 18.0 Å². The minimum atomic E-state index is 0.639. The van der Waals surface area contributed by atoms with Gasteiger partial charge in [-0.25, -0.2) is 0 Å². The molecule has 0 radical (unpaired) electrons. The van der Waals surface area contributed by atoms with Crippen LogP contribution in [0.25, 0.3) is 0 Å². The zero-order chi connectivity index (χ0) is 11.4. The summed E-state index contributed by atoms with van der Waals surface area (Å²) in [5.74, 6) is 0. The zero-order valence-electron chi connectivity index (χ0n) is 10.3. The monoisotopic (exact) mass is 218 g/mol. The molecule has 0 aromatic heterocycles. The Hall–Kier alpha value is -1.02. The smallest absolute Gasteiger partial charge is 0.0368 e. The summed E-state index contributed by atoms with van der Waals surface area (Å²) in [6.45, 7) is 6.77. The topological polar surface area (TPSA) is 15.3 Å². The summed E-state index contributed by atoms with van der Waals surface area (Å²) >= 11 is 0. The molecular formula is C14H22N2. The molecule has 2 rings (SSSR count). The van der Waals surface area contributed by atoms with Gasteiger partial charge < -0.3 is 10.2 Å². The van der Waals surface area contributed by atoms with Crippen LogP contribution >= 0.6 is 0 Å². The maximum atomic E-state index is 3.56. The lowest BCUT2D eigenvalue weighted by Gasteiger charge is -2.39. The summed E-state index contributed by atoms with van der Waals surface area (Å²) in [5, 5.41) is 3.56. The quantitative estimate of drug-likeness (QED) is 0.839. The van der Waals surface area contributed by atoms with Gasteiger partial charge in [0.15, 0.2) is 0 Å². The Labute approximate surface area is 98.7 Å². The molecule has 2 atom stereocenters. The van der Waals surface area contributed by atoms with E-state index < -0.39 is 0 Å². The Kier molecular flexibility index (Phi) is 3.83. The highest BCUT2D eigenvalue weighted by atomic mass is 15.2. The van der Waals surface area contributed by atoms with Crippen LogP contribution in [0.1, 0.15) is 26.7 Å². The number of hydrogen-bond donors (Lipinski definition) is 1. The van der Waals surface area contributed by atoms with Crippen LogP contribution in [0, 0.1) is 0 Å². The highest BCUT2D eigenvalue weighted by Crippen LogP contribution is 2.24. The van der Waals surface area contributed by atoms with Crippen LogP contribution in [0.5, 0.6) is 0 Å². The number of benzene rings is 1. The van der Waals surface area contributed by atoms with E-state index in [-0.39, 0.29) is 0 Å². The number of rotatable bonds is 3. The fraction of sp³-hybridized carbons (Fsp3) is 0.571. The van der Waals surface area contributed by atoms with Gasteiger partial charge in [0, 0.05) is 24.3 Å². The van der Waals surface area contributed by atoms with Gasteiger partial charge in [0.2, 0.25) is 0 Å². The van der Waals surface area contributed by atoms with Gasteiger partial charge in [-0.15, -0.1) is 0 Å². The predicted molar refractivity (Wildman–Crippen MR) is 69.9 cm³/mol. The van der Waals surface area contributed by atoms with E-state index in [0.717, 1.165) is 6.54 Å². The fourth-order valence-corrected chi connectivity index (χ4v) is 2.65. The van der Waals surface area contributed by atoms with Crippen molar-refractivity contribution in [1.82, 2.24) is 5.32 Å². The van der Waals surface area contributed by atoms with Crippen LogP contribution in [0.3, 0.4) is 0 Å². The molecule has 1 aromatic carbocycles. The van der Waals surface area contributed by atoms with Gasteiger partial charge in [0.1, 0.15) is 0 Å². The molecule has 88 valence electrons. The van der Waals surface area contributed by atoms with Crippen molar-refractivity contribution in [3.05, 3.63) is 30.3 Å². The van der Waals surface area contributed by atoms with Gasteiger partial charge >= 0.3 is 0 Å². The highest BCUT2D eigenvalue weighted by molar-refractivity contribution is 5.47. The lowest BCUT2D eigenvalue weighted by atomic mass is 9.97. The van der Waals surface area contributed by atoms with Crippen LogP contribution in [0.4, 0.5) is 5.69 Å². The molecule has 1 aromatic rings. The van der Waals surface area contributed by atoms with Crippen molar-refractivity contribution in [3.8, 4) is 0 Å². The van der Waals surface area contributed by atoms with E-state index >= 15 is 0 Å². The minimum absolute atomic E-state index is 0.639. The van der Waals surface area contributed by atoms with Gasteiger partial charge in [0.25, 0.3) is 0 Å². The highest BCUT2D eigenvalue weighted by Gasteiger charge is 2.24. The lowest BCUT2D eigenvalue weighted by Crippen LogP contribution is -2.47. The Balaban J connectivity index is 1.99. The van der Waals surface area contributed by atoms with Gasteiger partial charge in [0.05, 0.1) is 0 Å². The van der Waals surface area contributed by atoms with E-state index in [0.29, 0.717) is 12.1 Å². The SMILES string of the molecule is CCNC1CCN(c2ccccc2)C(C)C1. The Bertz CT molecular complexity index is 310. The molecule has 2 heteroatoms. The van der Waals surface area contributed by atoms with Crippen molar-refractivity contribution in [2.45, 2.75) is 38.8 Å². The number of para-hydroxylation sites is 1. The molecule has 0 aliphatic carbocycles. The van der Waals surface area contributed by atoms with Crippen molar-refractivity contribution in [3.63, 3.8) is 0 Å². The Morgan fingerprint density at radius 2 is 2.06 bits per heavy atom. The second-order valence-corrected chi connectivity index (χ2v) is 4.66. The molecule has 1 N–H and O–H groups in total. The molecule has 1 heterocycles. The number of hydrogen-bond acceptors (Lipinski definition) is 2. The summed E-state index contributed by atoms with van der Waals surface area (Å²) in [7, 11) is 0. The van der Waals surface area contributed by atoms with Crippen LogP contribution in [0.2, 0.25) is 0 Å². The van der Waals surface area contributed by atoms with E-state index in [1.165, 1.54) is 25.1 Å². The first-order valence-corrected chi connectivity index (χ1v) is 6.36. The van der Waals surface area contributed by atoms with Crippen molar-refractivity contribution in [1.29, 1.82) is 0 Å². The average Bonchev–Trinajstić information content (AvgIpc) is 2.31. The molecule has 0 saturated carbocycles. The van der Waals surface area contributed by atoms with Crippen molar-refractivity contribution in [2.24, 2.45) is 0 Å². The molecule has 2 unspecified atom stereocenters. The molecule has 16 heavy (non-hydrogen) atoms. The largest absolute Gasteiger partial charge is 0.369 e. The summed E-state index contributed by atoms with van der Waals surface area (Å²) in [4.78, 5) is 2.52. The van der Waals surface area contributed by atoms with E-state index in [4.69, 9.17) is 0 Å². The van der Waals surface area contributed by atoms with E-state index in [1.807, 2.05) is 0 Å². The molecule has 1 aliphatic heterocycles. The number of nitrogens with zero attached hydrogens (tertiary/aromatic N) is 1. The van der Waals surface area contributed by atoms with E-state index in [2.05, 4.69) is 54.4 Å². The Morgan fingerprint density at radius 3 is 2.69 bits per heavy atom. The summed E-state index contributed by atoms with van der Waals surface area (Å²) in [5.41, 5.74) is 1.37. The number of anilines is 1. The molecule has 1 aliphatic rings. The molecule has 1 fully saturated rings. The Morgan fingerprint density at radius 1 is 1.31 bits per heavy atom. The second-order valence-electron chi connectivity index (χ2n) is 4.66. The molecule has 0 bridgehead atoms. The molecule has 2 nitrogen and oxygen atoms in total. The summed E-state index contributed by atoms with van der Waals surface area (Å²) in [6.07, 6.45) is 2.51.